The van der Waals surface area contributed by atoms with Crippen molar-refractivity contribution >= 4 is 5.91 Å². The molecule has 0 saturated heterocycles. The molecule has 1 aromatic heterocycles. The number of methoxy groups -OCH3 is 1. The van der Waals surface area contributed by atoms with Crippen molar-refractivity contribution in [2.75, 3.05) is 27.3 Å². The molecule has 0 saturated carbocycles. The predicted octanol–water partition coefficient (Wildman–Crippen LogP) is 0.300. The lowest BCUT2D eigenvalue weighted by Crippen LogP contribution is -2.36. The monoisotopic (exact) mass is 242 g/mol. The standard InChI is InChI=1S/C11H15FN2O3/c1-14(6-10(15)7-17-2)11(16)8-3-9(12)5-13-4-8/h3-5,10,15H,6-7H2,1-2H3. The van der Waals surface area contributed by atoms with Crippen LogP contribution in [0.25, 0.3) is 0 Å². The fourth-order valence-electron chi connectivity index (χ4n) is 1.39. The molecule has 17 heavy (non-hydrogen) atoms. The number of aliphatic hydroxyl groups excluding tert-OH is 1. The van der Waals surface area contributed by atoms with Crippen molar-refractivity contribution in [1.29, 1.82) is 0 Å². The fraction of sp³-hybridized carbons (Fsp3) is 0.455. The lowest BCUT2D eigenvalue weighted by Gasteiger charge is -2.20. The first-order valence-corrected chi connectivity index (χ1v) is 5.07. The van der Waals surface area contributed by atoms with Crippen LogP contribution < -0.4 is 0 Å². The molecule has 0 aliphatic rings. The molecule has 0 fully saturated rings. The van der Waals surface area contributed by atoms with Gasteiger partial charge in [-0.15, -0.1) is 0 Å². The smallest absolute Gasteiger partial charge is 0.255 e. The van der Waals surface area contributed by atoms with Gasteiger partial charge in [-0.05, 0) is 6.07 Å². The molecular weight excluding hydrogens is 227 g/mol. The van der Waals surface area contributed by atoms with Crippen molar-refractivity contribution in [2.45, 2.75) is 6.10 Å². The van der Waals surface area contributed by atoms with Crippen LogP contribution in [0.5, 0.6) is 0 Å². The van der Waals surface area contributed by atoms with E-state index < -0.39 is 17.8 Å². The van der Waals surface area contributed by atoms with Gasteiger partial charge < -0.3 is 14.7 Å². The lowest BCUT2D eigenvalue weighted by molar-refractivity contribution is 0.0380. The summed E-state index contributed by atoms with van der Waals surface area (Å²) in [6.07, 6.45) is 1.54. The Morgan fingerprint density at radius 1 is 1.65 bits per heavy atom. The average molecular weight is 242 g/mol. The van der Waals surface area contributed by atoms with Gasteiger partial charge in [0, 0.05) is 26.9 Å². The molecular formula is C11H15FN2O3. The molecule has 0 spiro atoms. The number of aliphatic hydroxyl groups is 1. The van der Waals surface area contributed by atoms with Crippen molar-refractivity contribution in [3.63, 3.8) is 0 Å². The number of hydrogen-bond donors (Lipinski definition) is 1. The number of amides is 1. The van der Waals surface area contributed by atoms with E-state index in [9.17, 15) is 14.3 Å². The van der Waals surface area contributed by atoms with Gasteiger partial charge in [-0.1, -0.05) is 0 Å². The summed E-state index contributed by atoms with van der Waals surface area (Å²) >= 11 is 0. The number of ether oxygens (including phenoxy) is 1. The zero-order chi connectivity index (χ0) is 12.8. The normalized spacial score (nSPS) is 12.2. The summed E-state index contributed by atoms with van der Waals surface area (Å²) in [6.45, 7) is 0.252. The van der Waals surface area contributed by atoms with Crippen molar-refractivity contribution < 1.29 is 19.0 Å². The molecule has 1 atom stereocenters. The maximum absolute atomic E-state index is 12.9. The highest BCUT2D eigenvalue weighted by atomic mass is 19.1. The highest BCUT2D eigenvalue weighted by Gasteiger charge is 2.16. The van der Waals surface area contributed by atoms with Gasteiger partial charge in [-0.2, -0.15) is 0 Å². The molecule has 0 aromatic carbocycles. The third-order valence-electron chi connectivity index (χ3n) is 2.14. The van der Waals surface area contributed by atoms with Gasteiger partial charge >= 0.3 is 0 Å². The van der Waals surface area contributed by atoms with E-state index in [4.69, 9.17) is 4.74 Å². The molecule has 1 unspecified atom stereocenters. The lowest BCUT2D eigenvalue weighted by atomic mass is 10.2. The summed E-state index contributed by atoms with van der Waals surface area (Å²) in [5.41, 5.74) is 0.150. The second kappa shape index (κ2) is 6.27. The molecule has 5 nitrogen and oxygen atoms in total. The molecule has 0 aliphatic carbocycles. The van der Waals surface area contributed by atoms with Crippen LogP contribution in [-0.2, 0) is 4.74 Å². The Morgan fingerprint density at radius 3 is 2.94 bits per heavy atom. The second-order valence-electron chi connectivity index (χ2n) is 3.69. The van der Waals surface area contributed by atoms with Crippen LogP contribution in [-0.4, -0.2) is 54.3 Å². The van der Waals surface area contributed by atoms with E-state index in [1.165, 1.54) is 25.3 Å². The van der Waals surface area contributed by atoms with Gasteiger partial charge in [0.1, 0.15) is 5.82 Å². The molecule has 1 rings (SSSR count). The summed E-state index contributed by atoms with van der Waals surface area (Å²) in [7, 11) is 2.98. The third-order valence-corrected chi connectivity index (χ3v) is 2.14. The van der Waals surface area contributed by atoms with Crippen molar-refractivity contribution in [3.05, 3.63) is 29.8 Å². The predicted molar refractivity (Wildman–Crippen MR) is 59.0 cm³/mol. The van der Waals surface area contributed by atoms with Gasteiger partial charge in [0.15, 0.2) is 0 Å². The summed E-state index contributed by atoms with van der Waals surface area (Å²) in [6, 6.07) is 1.11. The Kier molecular flexibility index (Phi) is 4.99. The minimum atomic E-state index is -0.768. The van der Waals surface area contributed by atoms with Crippen molar-refractivity contribution in [3.8, 4) is 0 Å². The summed E-state index contributed by atoms with van der Waals surface area (Å²) in [4.78, 5) is 16.7. The van der Waals surface area contributed by atoms with E-state index in [0.29, 0.717) is 0 Å². The number of carbonyl (C=O) groups is 1. The Balaban J connectivity index is 2.63. The van der Waals surface area contributed by atoms with Gasteiger partial charge in [0.05, 0.1) is 24.5 Å². The number of rotatable bonds is 5. The highest BCUT2D eigenvalue weighted by Crippen LogP contribution is 2.05. The van der Waals surface area contributed by atoms with E-state index in [1.807, 2.05) is 0 Å². The minimum absolute atomic E-state index is 0.114. The molecule has 1 N–H and O–H groups in total. The number of hydrogen-bond acceptors (Lipinski definition) is 4. The zero-order valence-electron chi connectivity index (χ0n) is 9.76. The molecule has 1 amide bonds. The van der Waals surface area contributed by atoms with Crippen LogP contribution in [0.15, 0.2) is 18.5 Å². The van der Waals surface area contributed by atoms with E-state index in [0.717, 1.165) is 12.3 Å². The molecule has 1 heterocycles. The molecule has 0 aliphatic heterocycles. The average Bonchev–Trinajstić information content (AvgIpc) is 2.28. The highest BCUT2D eigenvalue weighted by molar-refractivity contribution is 5.93. The molecule has 6 heteroatoms. The van der Waals surface area contributed by atoms with Crippen molar-refractivity contribution in [1.82, 2.24) is 9.88 Å². The Hall–Kier alpha value is -1.53. The summed E-state index contributed by atoms with van der Waals surface area (Å²) < 4.78 is 17.6. The topological polar surface area (TPSA) is 62.7 Å². The Labute approximate surface area is 98.8 Å². The Morgan fingerprint density at radius 2 is 2.35 bits per heavy atom. The fourth-order valence-corrected chi connectivity index (χ4v) is 1.39. The van der Waals surface area contributed by atoms with Gasteiger partial charge in [0.25, 0.3) is 5.91 Å². The van der Waals surface area contributed by atoms with E-state index in [2.05, 4.69) is 4.98 Å². The third kappa shape index (κ3) is 4.08. The molecule has 0 radical (unpaired) electrons. The Bertz CT molecular complexity index is 387. The second-order valence-corrected chi connectivity index (χ2v) is 3.69. The maximum atomic E-state index is 12.9. The van der Waals surface area contributed by atoms with Crippen molar-refractivity contribution in [2.24, 2.45) is 0 Å². The SMILES string of the molecule is COCC(O)CN(C)C(=O)c1cncc(F)c1. The van der Waals surface area contributed by atoms with Crippen LogP contribution in [0.3, 0.4) is 0 Å². The van der Waals surface area contributed by atoms with Crippen LogP contribution in [0.1, 0.15) is 10.4 Å². The molecule has 94 valence electrons. The van der Waals surface area contributed by atoms with E-state index in [1.54, 1.807) is 0 Å². The number of likely N-dealkylation sites (N-methyl/N-ethyl adjacent to an activating group) is 1. The van der Waals surface area contributed by atoms with Gasteiger partial charge in [-0.3, -0.25) is 9.78 Å². The number of nitrogens with zero attached hydrogens (tertiary/aromatic N) is 2. The van der Waals surface area contributed by atoms with E-state index in [-0.39, 0.29) is 18.7 Å². The van der Waals surface area contributed by atoms with Gasteiger partial charge in [-0.25, -0.2) is 4.39 Å². The number of halogens is 1. The quantitative estimate of drug-likeness (QED) is 0.806. The largest absolute Gasteiger partial charge is 0.389 e. The van der Waals surface area contributed by atoms with Crippen LogP contribution in [0, 0.1) is 5.82 Å². The van der Waals surface area contributed by atoms with Gasteiger partial charge in [0.2, 0.25) is 0 Å². The molecule has 0 bridgehead atoms. The maximum Gasteiger partial charge on any atom is 0.255 e. The first kappa shape index (κ1) is 13.5. The summed E-state index contributed by atoms with van der Waals surface area (Å²) in [5.74, 6) is -0.964. The number of pyridine rings is 1. The van der Waals surface area contributed by atoms with Crippen LogP contribution in [0.2, 0.25) is 0 Å². The first-order valence-electron chi connectivity index (χ1n) is 5.07. The minimum Gasteiger partial charge on any atom is -0.389 e. The first-order chi connectivity index (χ1) is 8.04. The van der Waals surface area contributed by atoms with Crippen LogP contribution in [0.4, 0.5) is 4.39 Å². The zero-order valence-corrected chi connectivity index (χ0v) is 9.76. The summed E-state index contributed by atoms with van der Waals surface area (Å²) in [5, 5.41) is 9.46. The molecule has 1 aromatic rings. The van der Waals surface area contributed by atoms with E-state index >= 15 is 0 Å². The number of aromatic nitrogens is 1. The van der Waals surface area contributed by atoms with Crippen LogP contribution >= 0.6 is 0 Å². The number of carbonyl (C=O) groups excluding carboxylic acids is 1.